The van der Waals surface area contributed by atoms with Crippen LogP contribution in [0.2, 0.25) is 0 Å². The van der Waals surface area contributed by atoms with Crippen LogP contribution in [0.15, 0.2) is 85.2 Å². The molecule has 1 aliphatic carbocycles. The molecule has 0 aliphatic heterocycles. The normalized spacial score (nSPS) is 17.7. The molecule has 0 bridgehead atoms. The van der Waals surface area contributed by atoms with Crippen molar-refractivity contribution in [1.82, 2.24) is 14.8 Å². The number of hydrogen-bond donors (Lipinski definition) is 0. The predicted molar refractivity (Wildman–Crippen MR) is 130 cm³/mol. The Balaban J connectivity index is 1.16. The highest BCUT2D eigenvalue weighted by Gasteiger charge is 2.40. The summed E-state index contributed by atoms with van der Waals surface area (Å²) in [6.07, 6.45) is -2.18. The summed E-state index contributed by atoms with van der Waals surface area (Å²) >= 11 is 0. The summed E-state index contributed by atoms with van der Waals surface area (Å²) in [5.74, 6) is 0.588. The first-order chi connectivity index (χ1) is 17.7. The Morgan fingerprint density at radius 1 is 1.03 bits per heavy atom. The summed E-state index contributed by atoms with van der Waals surface area (Å²) in [5, 5.41) is 4.43. The van der Waals surface area contributed by atoms with Gasteiger partial charge in [0.2, 0.25) is 0 Å². The van der Waals surface area contributed by atoms with Crippen LogP contribution < -0.4 is 4.74 Å². The third-order valence-corrected chi connectivity index (χ3v) is 6.35. The quantitative estimate of drug-likeness (QED) is 0.251. The molecule has 0 radical (unpaired) electrons. The second-order valence-corrected chi connectivity index (χ2v) is 9.03. The number of carbonyl (C=O) groups excluding carboxylic acids is 1. The van der Waals surface area contributed by atoms with Crippen LogP contribution in [0.1, 0.15) is 42.9 Å². The molecule has 0 amide bonds. The van der Waals surface area contributed by atoms with Gasteiger partial charge < -0.3 is 9.47 Å². The van der Waals surface area contributed by atoms with E-state index in [1.54, 1.807) is 0 Å². The summed E-state index contributed by atoms with van der Waals surface area (Å²) in [5.41, 5.74) is 3.49. The highest BCUT2D eigenvalue weighted by molar-refractivity contribution is 5.71. The fourth-order valence-corrected chi connectivity index (χ4v) is 4.33. The van der Waals surface area contributed by atoms with Gasteiger partial charge in [-0.3, -0.25) is 4.79 Å². The molecule has 190 valence electrons. The first-order valence-electron chi connectivity index (χ1n) is 11.9. The second-order valence-electron chi connectivity index (χ2n) is 9.03. The molecule has 1 aromatic heterocycles. The van der Waals surface area contributed by atoms with E-state index < -0.39 is 6.36 Å². The average Bonchev–Trinajstić information content (AvgIpc) is 3.45. The minimum atomic E-state index is -4.74. The van der Waals surface area contributed by atoms with Crippen LogP contribution in [0.3, 0.4) is 0 Å². The predicted octanol–water partition coefficient (Wildman–Crippen LogP) is 6.63. The highest BCUT2D eigenvalue weighted by Crippen LogP contribution is 2.50. The Labute approximate surface area is 211 Å². The van der Waals surface area contributed by atoms with Crippen LogP contribution in [0.5, 0.6) is 5.75 Å². The van der Waals surface area contributed by atoms with Crippen molar-refractivity contribution in [3.8, 4) is 22.8 Å². The monoisotopic (exact) mass is 507 g/mol. The molecule has 1 heterocycles. The molecular weight excluding hydrogens is 483 g/mol. The zero-order chi connectivity index (χ0) is 26.0. The summed E-state index contributed by atoms with van der Waals surface area (Å²) in [7, 11) is 0. The van der Waals surface area contributed by atoms with E-state index in [1.165, 1.54) is 35.3 Å². The van der Waals surface area contributed by atoms with Gasteiger partial charge in [-0.15, -0.1) is 18.3 Å². The van der Waals surface area contributed by atoms with Crippen molar-refractivity contribution in [3.05, 3.63) is 96.3 Å². The van der Waals surface area contributed by atoms with Crippen molar-refractivity contribution in [2.75, 3.05) is 0 Å². The third-order valence-electron chi connectivity index (χ3n) is 6.35. The van der Waals surface area contributed by atoms with E-state index in [-0.39, 0.29) is 23.7 Å². The molecule has 0 saturated heterocycles. The molecule has 4 aromatic rings. The number of benzene rings is 3. The number of esters is 1. The van der Waals surface area contributed by atoms with Gasteiger partial charge in [0.05, 0.1) is 5.69 Å². The molecule has 1 aliphatic rings. The Kier molecular flexibility index (Phi) is 6.69. The summed E-state index contributed by atoms with van der Waals surface area (Å²) in [6, 6.07) is 23.0. The van der Waals surface area contributed by atoms with Crippen LogP contribution in [0.25, 0.3) is 17.1 Å². The maximum absolute atomic E-state index is 12.4. The van der Waals surface area contributed by atoms with Gasteiger partial charge in [-0.05, 0) is 60.6 Å². The number of ether oxygens (including phenoxy) is 2. The molecular formula is C28H24F3N3O3. The molecule has 0 spiro atoms. The van der Waals surface area contributed by atoms with E-state index in [0.717, 1.165) is 23.1 Å². The Morgan fingerprint density at radius 3 is 2.41 bits per heavy atom. The molecule has 9 heteroatoms. The van der Waals surface area contributed by atoms with Crippen molar-refractivity contribution in [3.63, 3.8) is 0 Å². The fraction of sp³-hybridized carbons (Fsp3) is 0.250. The lowest BCUT2D eigenvalue weighted by Crippen LogP contribution is -2.17. The molecule has 1 saturated carbocycles. The lowest BCUT2D eigenvalue weighted by atomic mass is 10.1. The topological polar surface area (TPSA) is 66.2 Å². The Bertz CT molecular complexity index is 1350. The van der Waals surface area contributed by atoms with Crippen LogP contribution in [-0.4, -0.2) is 27.1 Å². The third kappa shape index (κ3) is 6.17. The number of alkyl halides is 3. The van der Waals surface area contributed by atoms with Gasteiger partial charge in [0, 0.05) is 12.0 Å². The zero-order valence-corrected chi connectivity index (χ0v) is 19.9. The number of aromatic nitrogens is 3. The zero-order valence-electron chi connectivity index (χ0n) is 19.9. The number of carbonyl (C=O) groups is 1. The number of rotatable bonds is 8. The van der Waals surface area contributed by atoms with Gasteiger partial charge in [-0.1, -0.05) is 54.6 Å². The first kappa shape index (κ1) is 24.5. The molecule has 0 N–H and O–H groups in total. The van der Waals surface area contributed by atoms with E-state index >= 15 is 0 Å². The van der Waals surface area contributed by atoms with Crippen molar-refractivity contribution in [2.45, 2.75) is 38.1 Å². The lowest BCUT2D eigenvalue weighted by Gasteiger charge is -2.13. The van der Waals surface area contributed by atoms with E-state index in [4.69, 9.17) is 4.74 Å². The molecule has 3 atom stereocenters. The van der Waals surface area contributed by atoms with E-state index in [0.29, 0.717) is 23.9 Å². The number of nitrogens with zero attached hydrogens (tertiary/aromatic N) is 3. The SMILES string of the molecule is CC(OC(=O)CC1CC1c1ccc(-c2ncn(-c3ccc(OC(F)(F)F)cc3)n2)cc1)c1ccccc1. The van der Waals surface area contributed by atoms with Gasteiger partial charge in [-0.25, -0.2) is 9.67 Å². The summed E-state index contributed by atoms with van der Waals surface area (Å²) < 4.78 is 48.0. The molecule has 3 aromatic carbocycles. The van der Waals surface area contributed by atoms with Gasteiger partial charge in [0.15, 0.2) is 5.82 Å². The summed E-state index contributed by atoms with van der Waals surface area (Å²) in [6.45, 7) is 1.88. The molecule has 5 rings (SSSR count). The van der Waals surface area contributed by atoms with Crippen molar-refractivity contribution in [2.24, 2.45) is 5.92 Å². The number of halogens is 3. The maximum atomic E-state index is 12.4. The average molecular weight is 508 g/mol. The van der Waals surface area contributed by atoms with Crippen LogP contribution >= 0.6 is 0 Å². The standard InChI is InChI=1S/C28H24F3N3O3/c1-18(19-5-3-2-4-6-19)36-26(35)16-22-15-25(22)20-7-9-21(10-8-20)27-32-17-34(33-27)23-11-13-24(14-12-23)37-28(29,30)31/h2-14,17-18,22,25H,15-16H2,1H3. The van der Waals surface area contributed by atoms with Crippen LogP contribution in [0.4, 0.5) is 13.2 Å². The second kappa shape index (κ2) is 10.1. The van der Waals surface area contributed by atoms with Gasteiger partial charge >= 0.3 is 12.3 Å². The van der Waals surface area contributed by atoms with Crippen molar-refractivity contribution < 1.29 is 27.4 Å². The largest absolute Gasteiger partial charge is 0.573 e. The van der Waals surface area contributed by atoms with Crippen molar-refractivity contribution in [1.29, 1.82) is 0 Å². The molecule has 3 unspecified atom stereocenters. The highest BCUT2D eigenvalue weighted by atomic mass is 19.4. The maximum Gasteiger partial charge on any atom is 0.573 e. The Morgan fingerprint density at radius 2 is 1.73 bits per heavy atom. The van der Waals surface area contributed by atoms with Crippen molar-refractivity contribution >= 4 is 5.97 Å². The van der Waals surface area contributed by atoms with E-state index in [9.17, 15) is 18.0 Å². The fourth-order valence-electron chi connectivity index (χ4n) is 4.33. The van der Waals surface area contributed by atoms with E-state index in [2.05, 4.69) is 14.8 Å². The minimum Gasteiger partial charge on any atom is -0.458 e. The van der Waals surface area contributed by atoms with E-state index in [1.807, 2.05) is 61.5 Å². The molecule has 1 fully saturated rings. The van der Waals surface area contributed by atoms with Crippen LogP contribution in [-0.2, 0) is 9.53 Å². The first-order valence-corrected chi connectivity index (χ1v) is 11.9. The summed E-state index contributed by atoms with van der Waals surface area (Å²) in [4.78, 5) is 16.7. The number of hydrogen-bond acceptors (Lipinski definition) is 5. The molecule has 37 heavy (non-hydrogen) atoms. The minimum absolute atomic E-state index is 0.187. The smallest absolute Gasteiger partial charge is 0.458 e. The van der Waals surface area contributed by atoms with Gasteiger partial charge in [-0.2, -0.15) is 0 Å². The van der Waals surface area contributed by atoms with Gasteiger partial charge in [0.1, 0.15) is 18.2 Å². The lowest BCUT2D eigenvalue weighted by molar-refractivity contribution is -0.274. The molecule has 6 nitrogen and oxygen atoms in total. The van der Waals surface area contributed by atoms with Gasteiger partial charge in [0.25, 0.3) is 0 Å². The Hall–Kier alpha value is -4.14. The van der Waals surface area contributed by atoms with Crippen LogP contribution in [0, 0.1) is 5.92 Å².